The van der Waals surface area contributed by atoms with E-state index < -0.39 is 5.97 Å². The van der Waals surface area contributed by atoms with Gasteiger partial charge in [0.05, 0.1) is 23.1 Å². The molecule has 0 saturated heterocycles. The smallest absolute Gasteiger partial charge is 0.305 e. The fraction of sp³-hybridized carbons (Fsp3) is 0.250. The van der Waals surface area contributed by atoms with E-state index in [2.05, 4.69) is 4.98 Å². The highest BCUT2D eigenvalue weighted by molar-refractivity contribution is 7.16. The molecule has 0 aliphatic carbocycles. The number of rotatable bonds is 6. The number of carbonyl (C=O) groups is 1. The van der Waals surface area contributed by atoms with E-state index in [0.29, 0.717) is 11.7 Å². The van der Waals surface area contributed by atoms with Gasteiger partial charge in [0.2, 0.25) is 0 Å². The number of nitriles is 1. The summed E-state index contributed by atoms with van der Waals surface area (Å²) >= 11 is 3.02. The van der Waals surface area contributed by atoms with Crippen LogP contribution in [-0.2, 0) is 4.79 Å². The molecule has 0 amide bonds. The second kappa shape index (κ2) is 6.31. The molecule has 0 unspecified atom stereocenters. The van der Waals surface area contributed by atoms with Gasteiger partial charge in [-0.2, -0.15) is 5.26 Å². The van der Waals surface area contributed by atoms with Crippen LogP contribution in [0.15, 0.2) is 22.9 Å². The Morgan fingerprint density at radius 1 is 1.53 bits per heavy atom. The molecule has 2 aromatic rings. The summed E-state index contributed by atoms with van der Waals surface area (Å²) in [6.07, 6.45) is -0.00437. The first-order valence-electron chi connectivity index (χ1n) is 5.54. The average molecular weight is 293 g/mol. The van der Waals surface area contributed by atoms with Crippen molar-refractivity contribution < 1.29 is 9.90 Å². The van der Waals surface area contributed by atoms with E-state index in [0.717, 1.165) is 10.6 Å². The third kappa shape index (κ3) is 3.53. The lowest BCUT2D eigenvalue weighted by Crippen LogP contribution is -2.26. The van der Waals surface area contributed by atoms with Crippen LogP contribution in [0.4, 0.5) is 5.13 Å². The predicted octanol–water partition coefficient (Wildman–Crippen LogP) is 2.68. The first-order valence-corrected chi connectivity index (χ1v) is 7.29. The summed E-state index contributed by atoms with van der Waals surface area (Å²) in [5.41, 5.74) is 0.869. The van der Waals surface area contributed by atoms with Crippen LogP contribution in [0.5, 0.6) is 0 Å². The third-order valence-electron chi connectivity index (χ3n) is 2.39. The van der Waals surface area contributed by atoms with Gasteiger partial charge in [-0.1, -0.05) is 6.07 Å². The van der Waals surface area contributed by atoms with Crippen molar-refractivity contribution in [1.29, 1.82) is 5.26 Å². The highest BCUT2D eigenvalue weighted by atomic mass is 32.1. The highest BCUT2D eigenvalue weighted by Crippen LogP contribution is 2.30. The molecule has 0 fully saturated rings. The van der Waals surface area contributed by atoms with E-state index in [-0.39, 0.29) is 13.0 Å². The lowest BCUT2D eigenvalue weighted by molar-refractivity contribution is -0.136. The number of aromatic nitrogens is 1. The van der Waals surface area contributed by atoms with Gasteiger partial charge < -0.3 is 10.0 Å². The van der Waals surface area contributed by atoms with Gasteiger partial charge in [0, 0.05) is 11.9 Å². The van der Waals surface area contributed by atoms with Gasteiger partial charge in [-0.3, -0.25) is 4.79 Å². The van der Waals surface area contributed by atoms with E-state index in [4.69, 9.17) is 10.4 Å². The Bertz CT molecular complexity index is 586. The first kappa shape index (κ1) is 13.5. The largest absolute Gasteiger partial charge is 0.481 e. The van der Waals surface area contributed by atoms with Gasteiger partial charge in [0.1, 0.15) is 6.54 Å². The minimum absolute atomic E-state index is 0.00437. The van der Waals surface area contributed by atoms with Crippen molar-refractivity contribution in [2.45, 2.75) is 6.42 Å². The van der Waals surface area contributed by atoms with Crippen LogP contribution in [0, 0.1) is 11.3 Å². The molecule has 2 heterocycles. The molecule has 0 atom stereocenters. The van der Waals surface area contributed by atoms with Gasteiger partial charge in [0.25, 0.3) is 0 Å². The second-order valence-corrected chi connectivity index (χ2v) is 5.50. The lowest BCUT2D eigenvalue weighted by atomic mass is 10.4. The monoisotopic (exact) mass is 293 g/mol. The van der Waals surface area contributed by atoms with E-state index in [1.165, 1.54) is 11.3 Å². The van der Waals surface area contributed by atoms with Crippen LogP contribution in [0.1, 0.15) is 6.42 Å². The Kier molecular flexibility index (Phi) is 4.49. The highest BCUT2D eigenvalue weighted by Gasteiger charge is 2.13. The van der Waals surface area contributed by atoms with Crippen LogP contribution in [0.3, 0.4) is 0 Å². The molecular formula is C12H11N3O2S2. The summed E-state index contributed by atoms with van der Waals surface area (Å²) in [6, 6.07) is 5.97. The van der Waals surface area contributed by atoms with Crippen molar-refractivity contribution in [3.05, 3.63) is 22.9 Å². The van der Waals surface area contributed by atoms with Crippen LogP contribution in [0.25, 0.3) is 10.6 Å². The molecule has 2 rings (SSSR count). The minimum Gasteiger partial charge on any atom is -0.481 e. The number of anilines is 1. The molecule has 7 heteroatoms. The lowest BCUT2D eigenvalue weighted by Gasteiger charge is -2.16. The number of carboxylic acid groups (broad SMARTS) is 1. The van der Waals surface area contributed by atoms with E-state index in [1.54, 1.807) is 16.2 Å². The molecular weight excluding hydrogens is 282 g/mol. The fourth-order valence-corrected chi connectivity index (χ4v) is 3.12. The maximum Gasteiger partial charge on any atom is 0.305 e. The molecule has 98 valence electrons. The Morgan fingerprint density at radius 2 is 2.37 bits per heavy atom. The Morgan fingerprint density at radius 3 is 3.00 bits per heavy atom. The molecule has 0 saturated carbocycles. The Hall–Kier alpha value is -1.91. The summed E-state index contributed by atoms with van der Waals surface area (Å²) in [7, 11) is 0. The molecule has 0 aliphatic heterocycles. The van der Waals surface area contributed by atoms with Crippen molar-refractivity contribution in [1.82, 2.24) is 4.98 Å². The van der Waals surface area contributed by atoms with Crippen LogP contribution < -0.4 is 4.90 Å². The maximum absolute atomic E-state index is 10.6. The maximum atomic E-state index is 10.6. The predicted molar refractivity (Wildman–Crippen MR) is 75.5 cm³/mol. The number of hydrogen-bond acceptors (Lipinski definition) is 6. The number of hydrogen-bond donors (Lipinski definition) is 1. The van der Waals surface area contributed by atoms with E-state index in [1.807, 2.05) is 29.0 Å². The topological polar surface area (TPSA) is 77.2 Å². The number of carboxylic acids is 1. The second-order valence-electron chi connectivity index (χ2n) is 3.72. The summed E-state index contributed by atoms with van der Waals surface area (Å²) in [5, 5.41) is 22.1. The van der Waals surface area contributed by atoms with E-state index in [9.17, 15) is 4.79 Å². The molecule has 0 bridgehead atoms. The summed E-state index contributed by atoms with van der Waals surface area (Å²) in [4.78, 5) is 17.8. The SMILES string of the molecule is N#CCN(CCC(=O)O)c1nc(-c2cccs2)cs1. The average Bonchev–Trinajstić information content (AvgIpc) is 3.03. The Balaban J connectivity index is 2.14. The van der Waals surface area contributed by atoms with Gasteiger partial charge in [-0.25, -0.2) is 4.98 Å². The van der Waals surface area contributed by atoms with Crippen LogP contribution in [-0.4, -0.2) is 29.1 Å². The van der Waals surface area contributed by atoms with Crippen molar-refractivity contribution >= 4 is 33.8 Å². The van der Waals surface area contributed by atoms with Crippen LogP contribution >= 0.6 is 22.7 Å². The van der Waals surface area contributed by atoms with Gasteiger partial charge in [0.15, 0.2) is 5.13 Å². The van der Waals surface area contributed by atoms with Crippen molar-refractivity contribution in [3.63, 3.8) is 0 Å². The zero-order valence-corrected chi connectivity index (χ0v) is 11.6. The van der Waals surface area contributed by atoms with Gasteiger partial charge in [-0.15, -0.1) is 22.7 Å². The number of thiazole rings is 1. The molecule has 5 nitrogen and oxygen atoms in total. The summed E-state index contributed by atoms with van der Waals surface area (Å²) in [6.45, 7) is 0.435. The minimum atomic E-state index is -0.877. The van der Waals surface area contributed by atoms with Gasteiger partial charge in [-0.05, 0) is 11.4 Å². The number of aliphatic carboxylic acids is 1. The molecule has 0 aliphatic rings. The molecule has 0 aromatic carbocycles. The zero-order chi connectivity index (χ0) is 13.7. The fourth-order valence-electron chi connectivity index (χ4n) is 1.51. The normalized spacial score (nSPS) is 10.1. The first-order chi connectivity index (χ1) is 9.20. The quantitative estimate of drug-likeness (QED) is 0.828. The van der Waals surface area contributed by atoms with Crippen molar-refractivity contribution in [2.75, 3.05) is 18.0 Å². The summed E-state index contributed by atoms with van der Waals surface area (Å²) in [5.74, 6) is -0.877. The molecule has 0 radical (unpaired) electrons. The standard InChI is InChI=1S/C12H11N3O2S2/c13-4-6-15(5-3-11(16)17)12-14-9(8-19-12)10-2-1-7-18-10/h1-2,7-8H,3,5-6H2,(H,16,17). The molecule has 2 aromatic heterocycles. The summed E-state index contributed by atoms with van der Waals surface area (Å²) < 4.78 is 0. The number of thiophene rings is 1. The van der Waals surface area contributed by atoms with Gasteiger partial charge >= 0.3 is 5.97 Å². The molecule has 1 N–H and O–H groups in total. The van der Waals surface area contributed by atoms with Crippen molar-refractivity contribution in [3.8, 4) is 16.6 Å². The third-order valence-corrected chi connectivity index (χ3v) is 4.19. The van der Waals surface area contributed by atoms with Crippen molar-refractivity contribution in [2.24, 2.45) is 0 Å². The molecule has 0 spiro atoms. The Labute approximate surface area is 118 Å². The molecule has 19 heavy (non-hydrogen) atoms. The zero-order valence-electron chi connectivity index (χ0n) is 9.94. The number of nitrogens with zero attached hydrogens (tertiary/aromatic N) is 3. The van der Waals surface area contributed by atoms with Crippen LogP contribution in [0.2, 0.25) is 0 Å². The van der Waals surface area contributed by atoms with E-state index >= 15 is 0 Å².